The van der Waals surface area contributed by atoms with E-state index in [1.165, 1.54) is 5.56 Å². The van der Waals surface area contributed by atoms with Crippen LogP contribution in [-0.4, -0.2) is 0 Å². The largest absolute Gasteiger partial charge is 1.00 e. The number of benzene rings is 1. The third-order valence-corrected chi connectivity index (χ3v) is 1.24. The Morgan fingerprint density at radius 1 is 1.20 bits per heavy atom. The van der Waals surface area contributed by atoms with Gasteiger partial charge in [0.1, 0.15) is 0 Å². The van der Waals surface area contributed by atoms with E-state index in [2.05, 4.69) is 37.6 Å². The van der Waals surface area contributed by atoms with Crippen molar-refractivity contribution in [3.8, 4) is 0 Å². The monoisotopic (exact) mass is 252 g/mol. The van der Waals surface area contributed by atoms with Crippen LogP contribution in [0.4, 0.5) is 0 Å². The minimum Gasteiger partial charge on any atom is -0.192 e. The van der Waals surface area contributed by atoms with Gasteiger partial charge in [0.05, 0.1) is 0 Å². The van der Waals surface area contributed by atoms with Gasteiger partial charge >= 0.3 is 68.9 Å². The molecule has 48 valence electrons. The molecule has 0 saturated heterocycles. The predicted molar refractivity (Wildman–Crippen MR) is 40.1 cm³/mol. The summed E-state index contributed by atoms with van der Waals surface area (Å²) in [6.45, 7) is 2.15. The number of hydrogen-bond acceptors (Lipinski definition) is 0. The van der Waals surface area contributed by atoms with E-state index in [4.69, 9.17) is 0 Å². The van der Waals surface area contributed by atoms with Gasteiger partial charge in [-0.25, -0.2) is 0 Å². The Morgan fingerprint density at radius 2 is 1.80 bits per heavy atom. The molecule has 0 N–H and O–H groups in total. The second-order valence-corrected chi connectivity index (χ2v) is 2.02. The molecule has 0 aliphatic heterocycles. The average Bonchev–Trinajstić information content (AvgIpc) is 1.91. The second-order valence-electron chi connectivity index (χ2n) is 2.02. The van der Waals surface area contributed by atoms with Crippen LogP contribution in [0.15, 0.2) is 30.3 Å². The van der Waals surface area contributed by atoms with Crippen molar-refractivity contribution in [1.29, 1.82) is 0 Å². The fourth-order valence-corrected chi connectivity index (χ4v) is 0.825. The fourth-order valence-electron chi connectivity index (χ4n) is 0.825. The number of hydrogen-bond donors (Lipinski definition) is 0. The van der Waals surface area contributed by atoms with Gasteiger partial charge in [-0.05, 0) is 0 Å². The Balaban J connectivity index is 0.000000810. The summed E-state index contributed by atoms with van der Waals surface area (Å²) in [7, 11) is 0. The summed E-state index contributed by atoms with van der Waals surface area (Å²) in [5.41, 5.74) is 1.32. The molecule has 0 aromatic heterocycles. The maximum absolute atomic E-state index is 2.21. The first-order valence-corrected chi connectivity index (χ1v) is 3.31. The minimum atomic E-state index is 0. The van der Waals surface area contributed by atoms with Gasteiger partial charge in [0.15, 0.2) is 0 Å². The van der Waals surface area contributed by atoms with Gasteiger partial charge in [0, 0.05) is 0 Å². The zero-order chi connectivity index (χ0) is 6.53. The molecule has 1 rings (SSSR count). The van der Waals surface area contributed by atoms with E-state index >= 15 is 0 Å². The Kier molecular flexibility index (Phi) is 7.61. The molecule has 0 nitrogen and oxygen atoms in total. The molecule has 0 unspecified atom stereocenters. The molecule has 0 amide bonds. The molecule has 0 saturated carbocycles. The predicted octanol–water partition coefficient (Wildman–Crippen LogP) is -0.347. The van der Waals surface area contributed by atoms with Crippen molar-refractivity contribution in [2.75, 3.05) is 0 Å². The van der Waals surface area contributed by atoms with E-state index in [1.54, 1.807) is 0 Å². The minimum absolute atomic E-state index is 0. The zero-order valence-corrected chi connectivity index (χ0v) is 13.0. The molecule has 10 heavy (non-hydrogen) atoms. The van der Waals surface area contributed by atoms with Crippen LogP contribution < -0.4 is 68.9 Å². The summed E-state index contributed by atoms with van der Waals surface area (Å²) in [5, 5.41) is 0. The van der Waals surface area contributed by atoms with Crippen molar-refractivity contribution >= 4 is 0 Å². The van der Waals surface area contributed by atoms with Gasteiger partial charge in [0.25, 0.3) is 0 Å². The van der Waals surface area contributed by atoms with E-state index in [-0.39, 0.29) is 68.9 Å². The van der Waals surface area contributed by atoms with Crippen LogP contribution in [0.3, 0.4) is 0 Å². The maximum Gasteiger partial charge on any atom is 1.00 e. The Morgan fingerprint density at radius 3 is 2.30 bits per heavy atom. The van der Waals surface area contributed by atoms with Gasteiger partial charge < -0.3 is 0 Å². The first-order chi connectivity index (χ1) is 4.43. The van der Waals surface area contributed by atoms with Crippen molar-refractivity contribution < 1.29 is 68.9 Å². The molecule has 0 heterocycles. The zero-order valence-electron chi connectivity index (χ0n) is 6.67. The normalized spacial score (nSPS) is 8.10. The topological polar surface area (TPSA) is 0 Å². The van der Waals surface area contributed by atoms with Crippen LogP contribution in [0.1, 0.15) is 18.9 Å². The molecular weight excluding hydrogens is 241 g/mol. The smallest absolute Gasteiger partial charge is 0.192 e. The molecule has 0 fully saturated rings. The fraction of sp³-hybridized carbons (Fsp3) is 0.222. The molecule has 1 aromatic rings. The summed E-state index contributed by atoms with van der Waals surface area (Å²) in [4.78, 5) is 0. The third kappa shape index (κ3) is 4.11. The first-order valence-electron chi connectivity index (χ1n) is 3.31. The van der Waals surface area contributed by atoms with E-state index in [0.717, 1.165) is 6.42 Å². The van der Waals surface area contributed by atoms with E-state index in [0.29, 0.717) is 0 Å². The quantitative estimate of drug-likeness (QED) is 0.631. The first kappa shape index (κ1) is 11.1. The van der Waals surface area contributed by atoms with Crippen molar-refractivity contribution in [3.63, 3.8) is 0 Å². The van der Waals surface area contributed by atoms with Gasteiger partial charge in [-0.1, -0.05) is 19.4 Å². The van der Waals surface area contributed by atoms with Gasteiger partial charge in [-0.2, -0.15) is 24.1 Å². The van der Waals surface area contributed by atoms with E-state index < -0.39 is 0 Å². The molecule has 0 bridgehead atoms. The summed E-state index contributed by atoms with van der Waals surface area (Å²) in [6, 6.07) is 10.4. The Labute approximate surface area is 122 Å². The molecule has 0 aliphatic rings. The standard InChI is InChI=1S/C9H11.Cs/c1-2-6-9-7-4-3-5-8-9;/h3-8H,2H2,1H3;/q-1;+1. The SMILES string of the molecule is CC[CH-]c1ccccc1.[Cs+]. The average molecular weight is 252 g/mol. The Bertz CT molecular complexity index is 158. The molecule has 0 atom stereocenters. The van der Waals surface area contributed by atoms with Crippen LogP contribution >= 0.6 is 0 Å². The van der Waals surface area contributed by atoms with Gasteiger partial charge in [-0.15, -0.1) is 12.1 Å². The maximum atomic E-state index is 2.21. The summed E-state index contributed by atoms with van der Waals surface area (Å²) < 4.78 is 0. The van der Waals surface area contributed by atoms with Crippen molar-refractivity contribution in [3.05, 3.63) is 42.3 Å². The molecule has 0 aliphatic carbocycles. The summed E-state index contributed by atoms with van der Waals surface area (Å²) in [5.74, 6) is 0. The van der Waals surface area contributed by atoms with Crippen LogP contribution in [0.25, 0.3) is 0 Å². The summed E-state index contributed by atoms with van der Waals surface area (Å²) >= 11 is 0. The van der Waals surface area contributed by atoms with E-state index in [1.807, 2.05) is 6.07 Å². The van der Waals surface area contributed by atoms with Crippen molar-refractivity contribution in [1.82, 2.24) is 0 Å². The molecule has 0 spiro atoms. The van der Waals surface area contributed by atoms with Crippen molar-refractivity contribution in [2.45, 2.75) is 13.3 Å². The van der Waals surface area contributed by atoms with Crippen molar-refractivity contribution in [2.24, 2.45) is 0 Å². The Hall–Kier alpha value is 1.14. The van der Waals surface area contributed by atoms with Crippen LogP contribution in [-0.2, 0) is 0 Å². The molecule has 1 heteroatoms. The van der Waals surface area contributed by atoms with Crippen LogP contribution in [0.5, 0.6) is 0 Å². The van der Waals surface area contributed by atoms with Crippen LogP contribution in [0, 0.1) is 6.42 Å². The molecular formula is C9H11Cs. The molecule has 0 radical (unpaired) electrons. The van der Waals surface area contributed by atoms with E-state index in [9.17, 15) is 0 Å². The number of rotatable bonds is 2. The van der Waals surface area contributed by atoms with Gasteiger partial charge in [0.2, 0.25) is 0 Å². The van der Waals surface area contributed by atoms with Crippen LogP contribution in [0.2, 0.25) is 0 Å². The molecule has 1 aromatic carbocycles. The third-order valence-electron chi connectivity index (χ3n) is 1.24. The second kappa shape index (κ2) is 6.83. The summed E-state index contributed by atoms with van der Waals surface area (Å²) in [6.07, 6.45) is 3.32. The van der Waals surface area contributed by atoms with Gasteiger partial charge in [-0.3, -0.25) is 0 Å².